The van der Waals surface area contributed by atoms with E-state index in [-0.39, 0.29) is 20.6 Å². The third-order valence-corrected chi connectivity index (χ3v) is 5.44. The van der Waals surface area contributed by atoms with Crippen molar-refractivity contribution in [2.75, 3.05) is 5.73 Å². The maximum Gasteiger partial charge on any atom is 0.242 e. The summed E-state index contributed by atoms with van der Waals surface area (Å²) in [7, 11) is -3.80. The van der Waals surface area contributed by atoms with E-state index in [2.05, 4.69) is 4.72 Å². The smallest absolute Gasteiger partial charge is 0.242 e. The molecule has 1 unspecified atom stereocenters. The summed E-state index contributed by atoms with van der Waals surface area (Å²) < 4.78 is 27.4. The number of nitrogen functional groups attached to an aromatic ring is 1. The van der Waals surface area contributed by atoms with Gasteiger partial charge in [-0.25, -0.2) is 13.1 Å². The summed E-state index contributed by atoms with van der Waals surface area (Å²) in [5.41, 5.74) is 6.56. The predicted molar refractivity (Wildman–Crippen MR) is 86.1 cm³/mol. The number of rotatable bonds is 4. The molecule has 0 bridgehead atoms. The largest absolute Gasteiger partial charge is 0.396 e. The second kappa shape index (κ2) is 6.23. The zero-order valence-corrected chi connectivity index (χ0v) is 13.5. The van der Waals surface area contributed by atoms with Gasteiger partial charge in [-0.1, -0.05) is 53.5 Å². The lowest BCUT2D eigenvalue weighted by Crippen LogP contribution is -2.27. The van der Waals surface area contributed by atoms with Crippen LogP contribution in [0.25, 0.3) is 0 Å². The summed E-state index contributed by atoms with van der Waals surface area (Å²) in [6.07, 6.45) is 0. The Morgan fingerprint density at radius 1 is 1.10 bits per heavy atom. The highest BCUT2D eigenvalue weighted by molar-refractivity contribution is 7.89. The molecule has 0 saturated heterocycles. The van der Waals surface area contributed by atoms with Crippen LogP contribution in [0.2, 0.25) is 10.0 Å². The number of halogens is 2. The molecule has 0 heterocycles. The number of nitrogens with one attached hydrogen (secondary N) is 1. The zero-order chi connectivity index (χ0) is 15.6. The van der Waals surface area contributed by atoms with Crippen LogP contribution >= 0.6 is 23.2 Å². The summed E-state index contributed by atoms with van der Waals surface area (Å²) in [5, 5.41) is 0.144. The first-order valence-corrected chi connectivity index (χ1v) is 8.37. The van der Waals surface area contributed by atoms with Crippen molar-refractivity contribution in [2.45, 2.75) is 17.9 Å². The van der Waals surface area contributed by atoms with Crippen molar-refractivity contribution in [1.82, 2.24) is 4.72 Å². The maximum absolute atomic E-state index is 12.4. The van der Waals surface area contributed by atoms with Crippen LogP contribution in [0.3, 0.4) is 0 Å². The number of sulfonamides is 1. The number of hydrogen-bond acceptors (Lipinski definition) is 3. The first-order valence-electron chi connectivity index (χ1n) is 6.13. The number of nitrogens with two attached hydrogens (primary N) is 1. The molecular formula is C14H14Cl2N2O2S. The minimum absolute atomic E-state index is 0.0496. The van der Waals surface area contributed by atoms with Gasteiger partial charge in [-0.05, 0) is 24.6 Å². The second-order valence-electron chi connectivity index (χ2n) is 4.53. The summed E-state index contributed by atoms with van der Waals surface area (Å²) in [4.78, 5) is -0.0890. The predicted octanol–water partition coefficient (Wildman–Crippen LogP) is 3.62. The average molecular weight is 345 g/mol. The fraction of sp³-hybridized carbons (Fsp3) is 0.143. The van der Waals surface area contributed by atoms with E-state index in [0.29, 0.717) is 0 Å². The van der Waals surface area contributed by atoms with E-state index in [9.17, 15) is 8.42 Å². The van der Waals surface area contributed by atoms with Gasteiger partial charge in [-0.3, -0.25) is 0 Å². The lowest BCUT2D eigenvalue weighted by Gasteiger charge is -2.16. The van der Waals surface area contributed by atoms with E-state index in [1.807, 2.05) is 30.3 Å². The fourth-order valence-electron chi connectivity index (χ4n) is 1.86. The van der Waals surface area contributed by atoms with Crippen LogP contribution in [-0.4, -0.2) is 8.42 Å². The van der Waals surface area contributed by atoms with Crippen molar-refractivity contribution in [2.24, 2.45) is 0 Å². The van der Waals surface area contributed by atoms with Crippen LogP contribution in [0.5, 0.6) is 0 Å². The quantitative estimate of drug-likeness (QED) is 0.832. The summed E-state index contributed by atoms with van der Waals surface area (Å²) >= 11 is 11.8. The van der Waals surface area contributed by atoms with E-state index in [1.54, 1.807) is 6.92 Å². The van der Waals surface area contributed by atoms with Crippen molar-refractivity contribution < 1.29 is 8.42 Å². The van der Waals surface area contributed by atoms with Crippen molar-refractivity contribution >= 4 is 38.9 Å². The minimum atomic E-state index is -3.80. The van der Waals surface area contributed by atoms with E-state index in [0.717, 1.165) is 5.56 Å². The molecule has 7 heteroatoms. The molecule has 0 amide bonds. The van der Waals surface area contributed by atoms with Gasteiger partial charge < -0.3 is 5.73 Å². The van der Waals surface area contributed by atoms with Crippen LogP contribution in [-0.2, 0) is 10.0 Å². The molecule has 21 heavy (non-hydrogen) atoms. The van der Waals surface area contributed by atoms with Gasteiger partial charge >= 0.3 is 0 Å². The van der Waals surface area contributed by atoms with Crippen LogP contribution in [0, 0.1) is 0 Å². The Hall–Kier alpha value is -1.27. The highest BCUT2D eigenvalue weighted by Gasteiger charge is 2.23. The summed E-state index contributed by atoms with van der Waals surface area (Å²) in [6, 6.07) is 11.6. The van der Waals surface area contributed by atoms with Crippen molar-refractivity contribution in [3.8, 4) is 0 Å². The van der Waals surface area contributed by atoms with E-state index < -0.39 is 16.1 Å². The highest BCUT2D eigenvalue weighted by Crippen LogP contribution is 2.33. The molecule has 1 atom stereocenters. The first-order chi connectivity index (χ1) is 9.83. The van der Waals surface area contributed by atoms with E-state index >= 15 is 0 Å². The van der Waals surface area contributed by atoms with Gasteiger partial charge in [-0.15, -0.1) is 0 Å². The van der Waals surface area contributed by atoms with Crippen molar-refractivity contribution in [1.29, 1.82) is 0 Å². The molecule has 112 valence electrons. The Balaban J connectivity index is 2.33. The van der Waals surface area contributed by atoms with E-state index in [1.165, 1.54) is 12.1 Å². The molecule has 3 N–H and O–H groups in total. The SMILES string of the molecule is CC(NS(=O)(=O)c1ccc(Cl)c(N)c1Cl)c1ccccc1. The number of hydrogen-bond donors (Lipinski definition) is 2. The molecular weight excluding hydrogens is 331 g/mol. The Bertz CT molecular complexity index is 749. The summed E-state index contributed by atoms with van der Waals surface area (Å²) in [6.45, 7) is 1.75. The number of benzene rings is 2. The molecule has 2 aromatic rings. The Kier molecular flexibility index (Phi) is 4.78. The maximum atomic E-state index is 12.4. The Labute approximate surface area is 133 Å². The lowest BCUT2D eigenvalue weighted by molar-refractivity contribution is 0.567. The van der Waals surface area contributed by atoms with Crippen molar-refractivity contribution in [3.63, 3.8) is 0 Å². The molecule has 2 rings (SSSR count). The van der Waals surface area contributed by atoms with Gasteiger partial charge in [0, 0.05) is 6.04 Å². The topological polar surface area (TPSA) is 72.2 Å². The van der Waals surface area contributed by atoms with Crippen LogP contribution in [0.1, 0.15) is 18.5 Å². The van der Waals surface area contributed by atoms with Gasteiger partial charge in [0.2, 0.25) is 10.0 Å². The molecule has 0 aromatic heterocycles. The second-order valence-corrected chi connectivity index (χ2v) is 6.99. The van der Waals surface area contributed by atoms with Gasteiger partial charge in [0.25, 0.3) is 0 Å². The number of anilines is 1. The molecule has 4 nitrogen and oxygen atoms in total. The molecule has 0 aliphatic rings. The van der Waals surface area contributed by atoms with Crippen molar-refractivity contribution in [3.05, 3.63) is 58.1 Å². The average Bonchev–Trinajstić information content (AvgIpc) is 2.45. The summed E-state index contributed by atoms with van der Waals surface area (Å²) in [5.74, 6) is 0. The van der Waals surface area contributed by atoms with Crippen LogP contribution < -0.4 is 10.5 Å². The van der Waals surface area contributed by atoms with E-state index in [4.69, 9.17) is 28.9 Å². The monoisotopic (exact) mass is 344 g/mol. The molecule has 0 fully saturated rings. The molecule has 2 aromatic carbocycles. The normalized spacial score (nSPS) is 13.1. The molecule has 0 saturated carbocycles. The molecule has 0 aliphatic heterocycles. The zero-order valence-electron chi connectivity index (χ0n) is 11.2. The third-order valence-electron chi connectivity index (χ3n) is 3.01. The van der Waals surface area contributed by atoms with Crippen LogP contribution in [0.4, 0.5) is 5.69 Å². The fourth-order valence-corrected chi connectivity index (χ4v) is 3.86. The Morgan fingerprint density at radius 2 is 1.71 bits per heavy atom. The van der Waals surface area contributed by atoms with Gasteiger partial charge in [0.1, 0.15) is 4.90 Å². The molecule has 0 spiro atoms. The molecule has 0 radical (unpaired) electrons. The lowest BCUT2D eigenvalue weighted by atomic mass is 10.1. The first kappa shape index (κ1) is 16.1. The standard InChI is InChI=1S/C14H14Cl2N2O2S/c1-9(10-5-3-2-4-6-10)18-21(19,20)12-8-7-11(15)14(17)13(12)16/h2-9,18H,17H2,1H3. The minimum Gasteiger partial charge on any atom is -0.396 e. The van der Waals surface area contributed by atoms with Crippen LogP contribution in [0.15, 0.2) is 47.4 Å². The highest BCUT2D eigenvalue weighted by atomic mass is 35.5. The van der Waals surface area contributed by atoms with Gasteiger partial charge in [0.15, 0.2) is 0 Å². The van der Waals surface area contributed by atoms with Gasteiger partial charge in [0.05, 0.1) is 15.7 Å². The third kappa shape index (κ3) is 3.49. The van der Waals surface area contributed by atoms with Gasteiger partial charge in [-0.2, -0.15) is 0 Å². The molecule has 0 aliphatic carbocycles. The Morgan fingerprint density at radius 3 is 2.33 bits per heavy atom.